The summed E-state index contributed by atoms with van der Waals surface area (Å²) in [5.74, 6) is 0. The van der Waals surface area contributed by atoms with Gasteiger partial charge in [0.25, 0.3) is 0 Å². The van der Waals surface area contributed by atoms with Crippen molar-refractivity contribution < 1.29 is 0 Å². The first-order valence-electron chi connectivity index (χ1n) is 2.72. The van der Waals surface area contributed by atoms with E-state index in [0.29, 0.717) is 0 Å². The first-order chi connectivity index (χ1) is 4.47. The molecule has 0 aliphatic carbocycles. The molecule has 0 amide bonds. The molecule has 1 heterocycles. The molecule has 42 valence electrons. The number of hydrogen-bond donors (Lipinski definition) is 0. The van der Waals surface area contributed by atoms with Crippen molar-refractivity contribution in [2.45, 2.75) is 0 Å². The fourth-order valence-corrected chi connectivity index (χ4v) is 1.53. The van der Waals surface area contributed by atoms with Crippen molar-refractivity contribution in [3.05, 3.63) is 35.7 Å². The van der Waals surface area contributed by atoms with Crippen LogP contribution < -0.4 is 0 Å². The molecule has 0 aliphatic rings. The lowest BCUT2D eigenvalue weighted by atomic mass is 10.3. The Morgan fingerprint density at radius 3 is 3.22 bits per heavy atom. The molecule has 0 bridgehead atoms. The van der Waals surface area contributed by atoms with E-state index in [9.17, 15) is 0 Å². The van der Waals surface area contributed by atoms with Crippen molar-refractivity contribution in [3.63, 3.8) is 0 Å². The summed E-state index contributed by atoms with van der Waals surface area (Å²) in [6, 6.07) is 11.9. The van der Waals surface area contributed by atoms with Gasteiger partial charge in [0.05, 0.1) is 0 Å². The summed E-state index contributed by atoms with van der Waals surface area (Å²) in [4.78, 5) is 0. The number of hydrogen-bond acceptors (Lipinski definition) is 1. The van der Waals surface area contributed by atoms with Gasteiger partial charge in [0.15, 0.2) is 0 Å². The number of rotatable bonds is 0. The molecule has 0 atom stereocenters. The molecular formula is C8H4S. The highest BCUT2D eigenvalue weighted by molar-refractivity contribution is 7.17. The molecule has 0 unspecified atom stereocenters. The van der Waals surface area contributed by atoms with Crippen LogP contribution in [0.2, 0.25) is 0 Å². The summed E-state index contributed by atoms with van der Waals surface area (Å²) in [5, 5.41) is 3.33. The molecule has 0 fully saturated rings. The van der Waals surface area contributed by atoms with E-state index in [4.69, 9.17) is 0 Å². The summed E-state index contributed by atoms with van der Waals surface area (Å²) in [5.41, 5.74) is 0. The van der Waals surface area contributed by atoms with Crippen molar-refractivity contribution in [1.82, 2.24) is 0 Å². The fraction of sp³-hybridized carbons (Fsp3) is 0. The molecule has 2 radical (unpaired) electrons. The standard InChI is InChI=1S/C8H4S/c1-2-4-8-7(3-1)5-6-9-8/h1,3,5-6H. The van der Waals surface area contributed by atoms with Gasteiger partial charge in [0.1, 0.15) is 0 Å². The van der Waals surface area contributed by atoms with Gasteiger partial charge in [0.2, 0.25) is 0 Å². The maximum Gasteiger partial charge on any atom is 0.0428 e. The molecule has 2 rings (SSSR count). The normalized spacial score (nSPS) is 10.2. The van der Waals surface area contributed by atoms with Crippen molar-refractivity contribution in [2.24, 2.45) is 0 Å². The minimum atomic E-state index is 1.19. The zero-order valence-electron chi connectivity index (χ0n) is 4.72. The molecule has 0 aliphatic heterocycles. The molecule has 0 nitrogen and oxygen atoms in total. The average molecular weight is 132 g/mol. The van der Waals surface area contributed by atoms with Crippen LogP contribution in [0.5, 0.6) is 0 Å². The van der Waals surface area contributed by atoms with Crippen LogP contribution >= 0.6 is 11.3 Å². The van der Waals surface area contributed by atoms with Crippen LogP contribution in [0.3, 0.4) is 0 Å². The van der Waals surface area contributed by atoms with E-state index >= 15 is 0 Å². The lowest BCUT2D eigenvalue weighted by Gasteiger charge is -1.80. The van der Waals surface area contributed by atoms with E-state index in [1.807, 2.05) is 12.1 Å². The van der Waals surface area contributed by atoms with Gasteiger partial charge in [-0.15, -0.1) is 11.3 Å². The predicted molar refractivity (Wildman–Crippen MR) is 39.5 cm³/mol. The Labute approximate surface area is 57.8 Å². The molecule has 1 heteroatoms. The third kappa shape index (κ3) is 0.736. The minimum Gasteiger partial charge on any atom is -0.143 e. The molecule has 0 saturated carbocycles. The van der Waals surface area contributed by atoms with Crippen molar-refractivity contribution in [3.8, 4) is 0 Å². The van der Waals surface area contributed by atoms with Crippen LogP contribution in [0, 0.1) is 12.1 Å². The summed E-state index contributed by atoms with van der Waals surface area (Å²) in [6.45, 7) is 0. The zero-order chi connectivity index (χ0) is 6.10. The summed E-state index contributed by atoms with van der Waals surface area (Å²) >= 11 is 1.70. The van der Waals surface area contributed by atoms with E-state index in [-0.39, 0.29) is 0 Å². The van der Waals surface area contributed by atoms with Crippen molar-refractivity contribution in [1.29, 1.82) is 0 Å². The van der Waals surface area contributed by atoms with Gasteiger partial charge in [-0.3, -0.25) is 0 Å². The van der Waals surface area contributed by atoms with Gasteiger partial charge in [-0.1, -0.05) is 12.1 Å². The highest BCUT2D eigenvalue weighted by atomic mass is 32.1. The minimum absolute atomic E-state index is 1.19. The second-order valence-corrected chi connectivity index (χ2v) is 2.72. The highest BCUT2D eigenvalue weighted by Gasteiger charge is 1.88. The highest BCUT2D eigenvalue weighted by Crippen LogP contribution is 2.17. The molecule has 0 spiro atoms. The molecular weight excluding hydrogens is 128 g/mol. The smallest absolute Gasteiger partial charge is 0.0428 e. The van der Waals surface area contributed by atoms with Gasteiger partial charge in [0, 0.05) is 10.8 Å². The number of benzene rings is 1. The average Bonchev–Trinajstić information content (AvgIpc) is 2.33. The Balaban J connectivity index is 2.95. The first-order valence-corrected chi connectivity index (χ1v) is 3.60. The monoisotopic (exact) mass is 132 g/mol. The van der Waals surface area contributed by atoms with E-state index in [1.54, 1.807) is 11.3 Å². The summed E-state index contributed by atoms with van der Waals surface area (Å²) < 4.78 is 1.19. The second kappa shape index (κ2) is 1.85. The van der Waals surface area contributed by atoms with E-state index in [0.717, 1.165) is 0 Å². The molecule has 1 aromatic carbocycles. The zero-order valence-corrected chi connectivity index (χ0v) is 5.53. The van der Waals surface area contributed by atoms with Crippen molar-refractivity contribution >= 4 is 21.4 Å². The largest absolute Gasteiger partial charge is 0.143 e. The maximum atomic E-state index is 3.02. The molecule has 9 heavy (non-hydrogen) atoms. The lowest BCUT2D eigenvalue weighted by Crippen LogP contribution is -1.58. The van der Waals surface area contributed by atoms with Crippen molar-refractivity contribution in [2.75, 3.05) is 0 Å². The Hall–Kier alpha value is -0.820. The van der Waals surface area contributed by atoms with Crippen LogP contribution in [-0.2, 0) is 0 Å². The summed E-state index contributed by atoms with van der Waals surface area (Å²) in [6.07, 6.45) is 0. The number of fused-ring (bicyclic) bond motifs is 1. The molecule has 2 aromatic rings. The van der Waals surface area contributed by atoms with Gasteiger partial charge >= 0.3 is 0 Å². The Kier molecular flexibility index (Phi) is 1.03. The van der Waals surface area contributed by atoms with E-state index in [1.165, 1.54) is 10.1 Å². The van der Waals surface area contributed by atoms with E-state index < -0.39 is 0 Å². The Morgan fingerprint density at radius 2 is 2.33 bits per heavy atom. The number of thiophene rings is 1. The van der Waals surface area contributed by atoms with Gasteiger partial charge < -0.3 is 0 Å². The van der Waals surface area contributed by atoms with E-state index in [2.05, 4.69) is 23.6 Å². The quantitative estimate of drug-likeness (QED) is 0.516. The fourth-order valence-electron chi connectivity index (χ4n) is 0.791. The van der Waals surface area contributed by atoms with Gasteiger partial charge in [-0.2, -0.15) is 0 Å². The maximum absolute atomic E-state index is 3.02. The first kappa shape index (κ1) is 5.00. The van der Waals surface area contributed by atoms with Crippen LogP contribution in [0.15, 0.2) is 23.6 Å². The third-order valence-electron chi connectivity index (χ3n) is 1.23. The topological polar surface area (TPSA) is 0 Å². The second-order valence-electron chi connectivity index (χ2n) is 1.81. The van der Waals surface area contributed by atoms with Crippen LogP contribution in [-0.4, -0.2) is 0 Å². The summed E-state index contributed by atoms with van der Waals surface area (Å²) in [7, 11) is 0. The van der Waals surface area contributed by atoms with Gasteiger partial charge in [-0.25, -0.2) is 0 Å². The Bertz CT molecular complexity index is 279. The lowest BCUT2D eigenvalue weighted by molar-refractivity contribution is 1.81. The van der Waals surface area contributed by atoms with Crippen LogP contribution in [0.4, 0.5) is 0 Å². The molecule has 0 saturated heterocycles. The molecule has 0 N–H and O–H groups in total. The predicted octanol–water partition coefficient (Wildman–Crippen LogP) is 2.50. The Morgan fingerprint density at radius 1 is 1.33 bits per heavy atom. The van der Waals surface area contributed by atoms with Crippen LogP contribution in [0.1, 0.15) is 0 Å². The molecule has 1 aromatic heterocycles. The third-order valence-corrected chi connectivity index (χ3v) is 2.07. The van der Waals surface area contributed by atoms with Gasteiger partial charge in [-0.05, 0) is 22.9 Å². The van der Waals surface area contributed by atoms with Crippen LogP contribution in [0.25, 0.3) is 10.1 Å². The SMILES string of the molecule is [c]1[c]c2sccc2cc1.